The molecule has 2 rings (SSSR count). The molecule has 0 aliphatic rings. The minimum Gasteiger partial charge on any atom is -0.417 e. The van der Waals surface area contributed by atoms with Crippen LogP contribution in [0.25, 0.3) is 5.69 Å². The minimum absolute atomic E-state index is 0.0117. The van der Waals surface area contributed by atoms with Crippen LogP contribution in [0.4, 0.5) is 0 Å². The van der Waals surface area contributed by atoms with Crippen molar-refractivity contribution in [3.05, 3.63) is 30.3 Å². The zero-order chi connectivity index (χ0) is 20.3. The zero-order valence-corrected chi connectivity index (χ0v) is 18.8. The van der Waals surface area contributed by atoms with Gasteiger partial charge in [-0.2, -0.15) is 4.68 Å². The van der Waals surface area contributed by atoms with Gasteiger partial charge in [-0.25, -0.2) is 8.42 Å². The molecule has 0 amide bonds. The molecule has 27 heavy (non-hydrogen) atoms. The van der Waals surface area contributed by atoms with Gasteiger partial charge in [-0.3, -0.25) is 0 Å². The summed E-state index contributed by atoms with van der Waals surface area (Å²) in [7, 11) is -5.43. The topological polar surface area (TPSA) is 87.0 Å². The molecular formula is C18H30N4O3SSi. The quantitative estimate of drug-likeness (QED) is 0.619. The van der Waals surface area contributed by atoms with Crippen molar-refractivity contribution in [2.24, 2.45) is 5.92 Å². The van der Waals surface area contributed by atoms with Crippen molar-refractivity contribution < 1.29 is 12.8 Å². The van der Waals surface area contributed by atoms with Gasteiger partial charge in [0.25, 0.3) is 5.16 Å². The van der Waals surface area contributed by atoms with E-state index in [0.29, 0.717) is 18.7 Å². The predicted molar refractivity (Wildman–Crippen MR) is 108 cm³/mol. The zero-order valence-electron chi connectivity index (χ0n) is 17.0. The van der Waals surface area contributed by atoms with Crippen molar-refractivity contribution in [1.29, 1.82) is 0 Å². The van der Waals surface area contributed by atoms with E-state index in [4.69, 9.17) is 4.43 Å². The first-order valence-electron chi connectivity index (χ1n) is 9.14. The van der Waals surface area contributed by atoms with E-state index in [1.807, 2.05) is 25.1 Å². The number of hydrogen-bond acceptors (Lipinski definition) is 6. The Bertz CT molecular complexity index is 845. The van der Waals surface area contributed by atoms with Crippen molar-refractivity contribution in [2.75, 3.05) is 12.4 Å². The van der Waals surface area contributed by atoms with Crippen molar-refractivity contribution in [3.8, 4) is 5.69 Å². The second-order valence-corrected chi connectivity index (χ2v) is 15.3. The molecule has 0 bridgehead atoms. The first-order chi connectivity index (χ1) is 12.4. The van der Waals surface area contributed by atoms with E-state index in [0.717, 1.165) is 0 Å². The number of nitrogens with zero attached hydrogens (tertiary/aromatic N) is 4. The summed E-state index contributed by atoms with van der Waals surface area (Å²) in [6, 6.07) is 9.02. The standard InChI is InChI=1S/C18H30N4O3SSi/c1-15(14-25-27(5,6)18(2,3)4)12-13-26(23,24)17-19-20-21-22(17)16-10-8-7-9-11-16/h7-11,15H,12-14H2,1-6H3/t15-/m1/s1. The molecule has 0 radical (unpaired) electrons. The first-order valence-corrected chi connectivity index (χ1v) is 13.7. The molecular weight excluding hydrogens is 380 g/mol. The van der Waals surface area contributed by atoms with Crippen molar-refractivity contribution >= 4 is 18.2 Å². The van der Waals surface area contributed by atoms with Crippen LogP contribution >= 0.6 is 0 Å². The summed E-state index contributed by atoms with van der Waals surface area (Å²) in [6.07, 6.45) is 0.499. The van der Waals surface area contributed by atoms with E-state index in [2.05, 4.69) is 49.4 Å². The Morgan fingerprint density at radius 3 is 2.41 bits per heavy atom. The first kappa shape index (κ1) is 21.7. The normalized spacial score (nSPS) is 14.3. The largest absolute Gasteiger partial charge is 0.417 e. The number of aromatic nitrogens is 4. The Morgan fingerprint density at radius 2 is 1.81 bits per heavy atom. The molecule has 1 heterocycles. The fraction of sp³-hybridized carbons (Fsp3) is 0.611. The van der Waals surface area contributed by atoms with Crippen LogP contribution in [0.1, 0.15) is 34.1 Å². The highest BCUT2D eigenvalue weighted by Crippen LogP contribution is 2.36. The predicted octanol–water partition coefficient (Wildman–Crippen LogP) is 3.48. The molecule has 7 nitrogen and oxygen atoms in total. The lowest BCUT2D eigenvalue weighted by Gasteiger charge is -2.37. The monoisotopic (exact) mass is 410 g/mol. The third-order valence-electron chi connectivity index (χ3n) is 5.13. The lowest BCUT2D eigenvalue weighted by molar-refractivity contribution is 0.235. The highest BCUT2D eigenvalue weighted by Gasteiger charge is 2.37. The second kappa shape index (κ2) is 8.20. The van der Waals surface area contributed by atoms with Crippen molar-refractivity contribution in [1.82, 2.24) is 20.2 Å². The van der Waals surface area contributed by atoms with Crippen LogP contribution in [-0.4, -0.2) is 49.3 Å². The van der Waals surface area contributed by atoms with Crippen LogP contribution in [0.15, 0.2) is 35.5 Å². The van der Waals surface area contributed by atoms with Crippen LogP contribution in [0.2, 0.25) is 18.1 Å². The van der Waals surface area contributed by atoms with E-state index in [1.165, 1.54) is 4.68 Å². The maximum absolute atomic E-state index is 12.8. The Hall–Kier alpha value is -1.58. The summed E-state index contributed by atoms with van der Waals surface area (Å²) in [5.74, 6) is 0.123. The molecule has 0 N–H and O–H groups in total. The van der Waals surface area contributed by atoms with Gasteiger partial charge < -0.3 is 4.43 Å². The molecule has 0 fully saturated rings. The fourth-order valence-electron chi connectivity index (χ4n) is 2.20. The summed E-state index contributed by atoms with van der Waals surface area (Å²) in [5, 5.41) is 11.2. The Balaban J connectivity index is 2.01. The Kier molecular flexibility index (Phi) is 6.59. The van der Waals surface area contributed by atoms with E-state index in [1.54, 1.807) is 12.1 Å². The van der Waals surface area contributed by atoms with Crippen molar-refractivity contribution in [3.63, 3.8) is 0 Å². The third kappa shape index (κ3) is 5.46. The van der Waals surface area contributed by atoms with Crippen LogP contribution in [-0.2, 0) is 14.3 Å². The molecule has 0 saturated heterocycles. The van der Waals surface area contributed by atoms with Gasteiger partial charge in [0.05, 0.1) is 11.4 Å². The lowest BCUT2D eigenvalue weighted by Crippen LogP contribution is -2.41. The molecule has 0 aliphatic carbocycles. The summed E-state index contributed by atoms with van der Waals surface area (Å²) in [4.78, 5) is 0. The molecule has 2 aromatic rings. The Labute approximate surface area is 163 Å². The molecule has 0 unspecified atom stereocenters. The SMILES string of the molecule is C[C@H](CCS(=O)(=O)c1nnnn1-c1ccccc1)CO[Si](C)(C)C(C)(C)C. The Morgan fingerprint density at radius 1 is 1.19 bits per heavy atom. The van der Waals surface area contributed by atoms with E-state index < -0.39 is 18.2 Å². The van der Waals surface area contributed by atoms with E-state index in [-0.39, 0.29) is 21.9 Å². The van der Waals surface area contributed by atoms with E-state index >= 15 is 0 Å². The van der Waals surface area contributed by atoms with E-state index in [9.17, 15) is 8.42 Å². The minimum atomic E-state index is -3.59. The van der Waals surface area contributed by atoms with Crippen LogP contribution in [0, 0.1) is 5.92 Å². The lowest BCUT2D eigenvalue weighted by atomic mass is 10.1. The highest BCUT2D eigenvalue weighted by molar-refractivity contribution is 7.91. The molecule has 9 heteroatoms. The number of hydrogen-bond donors (Lipinski definition) is 0. The van der Waals surface area contributed by atoms with Crippen LogP contribution in [0.3, 0.4) is 0 Å². The van der Waals surface area contributed by atoms with Gasteiger partial charge >= 0.3 is 0 Å². The van der Waals surface area contributed by atoms with Gasteiger partial charge in [-0.1, -0.05) is 51.0 Å². The van der Waals surface area contributed by atoms with Gasteiger partial charge in [0, 0.05) is 6.61 Å². The van der Waals surface area contributed by atoms with Crippen molar-refractivity contribution in [2.45, 2.75) is 57.4 Å². The average molecular weight is 411 g/mol. The number of rotatable bonds is 8. The molecule has 0 saturated carbocycles. The maximum Gasteiger partial charge on any atom is 0.272 e. The van der Waals surface area contributed by atoms with Crippen LogP contribution in [0.5, 0.6) is 0 Å². The van der Waals surface area contributed by atoms with Gasteiger partial charge in [-0.05, 0) is 53.0 Å². The van der Waals surface area contributed by atoms with Gasteiger partial charge in [0.15, 0.2) is 8.32 Å². The molecule has 150 valence electrons. The summed E-state index contributed by atoms with van der Waals surface area (Å²) >= 11 is 0. The second-order valence-electron chi connectivity index (χ2n) is 8.49. The maximum atomic E-state index is 12.8. The number of benzene rings is 1. The highest BCUT2D eigenvalue weighted by atomic mass is 32.2. The van der Waals surface area contributed by atoms with Gasteiger partial charge in [0.2, 0.25) is 9.84 Å². The molecule has 1 aromatic carbocycles. The van der Waals surface area contributed by atoms with Gasteiger partial charge in [-0.15, -0.1) is 0 Å². The van der Waals surface area contributed by atoms with Gasteiger partial charge in [0.1, 0.15) is 0 Å². The summed E-state index contributed by atoms with van der Waals surface area (Å²) < 4.78 is 33.0. The third-order valence-corrected chi connectivity index (χ3v) is 11.2. The summed E-state index contributed by atoms with van der Waals surface area (Å²) in [6.45, 7) is 13.6. The fourth-order valence-corrected chi connectivity index (χ4v) is 4.80. The smallest absolute Gasteiger partial charge is 0.272 e. The number of tetrazole rings is 1. The molecule has 1 aromatic heterocycles. The summed E-state index contributed by atoms with van der Waals surface area (Å²) in [5.41, 5.74) is 0.621. The molecule has 1 atom stereocenters. The number of para-hydroxylation sites is 1. The van der Waals surface area contributed by atoms with Crippen LogP contribution < -0.4 is 0 Å². The average Bonchev–Trinajstić information content (AvgIpc) is 3.09. The number of sulfone groups is 1. The molecule has 0 aliphatic heterocycles. The molecule has 0 spiro atoms.